The summed E-state index contributed by atoms with van der Waals surface area (Å²) in [6.45, 7) is 0. The van der Waals surface area contributed by atoms with Gasteiger partial charge in [0.2, 0.25) is 17.4 Å². The van der Waals surface area contributed by atoms with Gasteiger partial charge in [-0.2, -0.15) is 21.6 Å². The molecule has 13 heteroatoms. The third kappa shape index (κ3) is 3.82. The van der Waals surface area contributed by atoms with Crippen molar-refractivity contribution >= 4 is 39.4 Å². The molecule has 31 heavy (non-hydrogen) atoms. The lowest BCUT2D eigenvalue weighted by Gasteiger charge is -2.28. The molecule has 154 valence electrons. The number of carbonyl (C=O) groups is 1. The first-order chi connectivity index (χ1) is 14.2. The largest absolute Gasteiger partial charge is 0.467 e. The Hall–Kier alpha value is -2.82. The van der Waals surface area contributed by atoms with Gasteiger partial charge in [0.1, 0.15) is 7.85 Å². The summed E-state index contributed by atoms with van der Waals surface area (Å²) in [4.78, 5) is 12.8. The van der Waals surface area contributed by atoms with Crippen LogP contribution < -0.4 is 5.73 Å². The highest BCUT2D eigenvalue weighted by Gasteiger charge is 2.53. The number of alkyl halides is 3. The number of Topliss-reactive ketones (excluding diaryl/α,β-unsaturated/α-hetero) is 1. The van der Waals surface area contributed by atoms with Crippen LogP contribution in [0.3, 0.4) is 0 Å². The van der Waals surface area contributed by atoms with Gasteiger partial charge in [-0.1, -0.05) is 48.5 Å². The van der Waals surface area contributed by atoms with Gasteiger partial charge >= 0.3 is 16.3 Å². The predicted molar refractivity (Wildman–Crippen MR) is 106 cm³/mol. The Morgan fingerprint density at radius 1 is 1.00 bits per heavy atom. The molecule has 2 aromatic rings. The quantitative estimate of drug-likeness (QED) is 0.553. The molecule has 0 fully saturated rings. The van der Waals surface area contributed by atoms with E-state index in [0.717, 1.165) is 12.1 Å². The van der Waals surface area contributed by atoms with E-state index >= 15 is 0 Å². The number of rotatable bonds is 5. The Kier molecular flexibility index (Phi) is 5.46. The highest BCUT2D eigenvalue weighted by molar-refractivity contribution is 7.90. The van der Waals surface area contributed by atoms with Crippen molar-refractivity contribution in [1.29, 1.82) is 0 Å². The molecule has 1 aliphatic rings. The molecule has 0 spiro atoms. The number of hydrogen-bond acceptors (Lipinski definition) is 6. The van der Waals surface area contributed by atoms with Crippen LogP contribution in [-0.2, 0) is 40.1 Å². The normalized spacial score (nSPS) is 19.9. The van der Waals surface area contributed by atoms with Crippen LogP contribution >= 0.6 is 0 Å². The zero-order chi connectivity index (χ0) is 23.2. The second kappa shape index (κ2) is 7.40. The maximum atomic E-state index is 13.4. The average Bonchev–Trinajstić information content (AvgIpc) is 2.91. The number of ether oxygens (including phenoxy) is 1. The van der Waals surface area contributed by atoms with Gasteiger partial charge in [0, 0.05) is 5.56 Å². The maximum Gasteiger partial charge on any atom is 0.416 e. The van der Waals surface area contributed by atoms with Gasteiger partial charge in [0.15, 0.2) is 5.50 Å². The second-order valence-electron chi connectivity index (χ2n) is 6.60. The minimum atomic E-state index is -4.99. The van der Waals surface area contributed by atoms with Crippen LogP contribution in [0.25, 0.3) is 0 Å². The Balaban J connectivity index is 2.00. The lowest BCUT2D eigenvalue weighted by molar-refractivity contribution is -0.140. The Morgan fingerprint density at radius 2 is 1.55 bits per heavy atom. The molecule has 6 radical (unpaired) electrons. The fraction of sp³-hybridized carbons (Fsp3) is 0.167. The number of ketones is 1. The molecule has 3 rings (SSSR count). The fourth-order valence-corrected chi connectivity index (χ4v) is 3.82. The second-order valence-corrected chi connectivity index (χ2v) is 8.35. The van der Waals surface area contributed by atoms with Crippen LogP contribution in [0.5, 0.6) is 0 Å². The first-order valence-electron chi connectivity index (χ1n) is 8.48. The van der Waals surface area contributed by atoms with Gasteiger partial charge in [0.25, 0.3) is 0 Å². The van der Waals surface area contributed by atoms with Crippen LogP contribution in [-0.4, -0.2) is 37.7 Å². The molecule has 0 unspecified atom stereocenters. The molecule has 0 bridgehead atoms. The lowest BCUT2D eigenvalue weighted by Crippen LogP contribution is -2.41. The molecule has 0 amide bonds. The molecule has 6 nitrogen and oxygen atoms in total. The molecule has 0 saturated carbocycles. The molecule has 0 aliphatic carbocycles. The Bertz CT molecular complexity index is 1170. The van der Waals surface area contributed by atoms with Gasteiger partial charge in [-0.05, 0) is 11.6 Å². The van der Waals surface area contributed by atoms with E-state index in [1.54, 1.807) is 6.07 Å². The number of carbonyl (C=O) groups excluding carboxylic acids is 1. The molecule has 2 N–H and O–H groups in total. The molecular weight excluding hydrogens is 432 g/mol. The average molecular weight is 443 g/mol. The van der Waals surface area contributed by atoms with Crippen LogP contribution in [0.15, 0.2) is 66.2 Å². The zero-order valence-corrected chi connectivity index (χ0v) is 16.4. The monoisotopic (exact) mass is 443 g/mol. The van der Waals surface area contributed by atoms with Gasteiger partial charge in [-0.15, -0.1) is 0 Å². The van der Waals surface area contributed by atoms with Gasteiger partial charge in [0.05, 0.1) is 25.8 Å². The van der Waals surface area contributed by atoms with E-state index in [-0.39, 0.29) is 5.56 Å². The number of halogens is 3. The molecule has 1 atom stereocenters. The van der Waals surface area contributed by atoms with Crippen LogP contribution in [0.1, 0.15) is 16.7 Å². The minimum absolute atomic E-state index is 0.0954. The first kappa shape index (κ1) is 22.9. The highest BCUT2D eigenvalue weighted by Crippen LogP contribution is 2.43. The summed E-state index contributed by atoms with van der Waals surface area (Å²) >= 11 is 0. The predicted octanol–water partition coefficient (Wildman–Crippen LogP) is 1.25. The number of benzene rings is 2. The summed E-state index contributed by atoms with van der Waals surface area (Å²) < 4.78 is 72.6. The van der Waals surface area contributed by atoms with E-state index in [1.165, 1.54) is 30.3 Å². The number of hydrogen-bond donors (Lipinski definition) is 1. The summed E-state index contributed by atoms with van der Waals surface area (Å²) in [6.07, 6.45) is -4.89. The Morgan fingerprint density at radius 3 is 2.13 bits per heavy atom. The maximum absolute atomic E-state index is 13.4. The fourth-order valence-electron chi connectivity index (χ4n) is 2.88. The molecule has 1 heterocycles. The van der Waals surface area contributed by atoms with E-state index in [0.29, 0.717) is 6.07 Å². The minimum Gasteiger partial charge on any atom is -0.467 e. The van der Waals surface area contributed by atoms with E-state index in [4.69, 9.17) is 38.2 Å². The van der Waals surface area contributed by atoms with Crippen molar-refractivity contribution in [1.82, 2.24) is 0 Å². The standard InChI is InChI=1S/C18H11B3F3NO5S/c19-16(11-8-4-5-9-12(11)18(22,23)24)14(26)13(15(25)29-16)30-31(27,28)17(20,21)10-6-2-1-3-7-10/h1-9H,25H2/t16-/m0/s1. The molecular formula is C18H11B3F3NO5S. The zero-order valence-electron chi connectivity index (χ0n) is 15.6. The van der Waals surface area contributed by atoms with E-state index < -0.39 is 54.9 Å². The number of nitrogens with two attached hydrogens (primary N) is 1. The van der Waals surface area contributed by atoms with Crippen LogP contribution in [0.4, 0.5) is 13.2 Å². The summed E-state index contributed by atoms with van der Waals surface area (Å²) in [5.74, 6) is -3.55. The third-order valence-electron chi connectivity index (χ3n) is 4.50. The van der Waals surface area contributed by atoms with Gasteiger partial charge < -0.3 is 14.7 Å². The highest BCUT2D eigenvalue weighted by atomic mass is 32.2. The third-order valence-corrected chi connectivity index (χ3v) is 5.95. The topological polar surface area (TPSA) is 95.7 Å². The SMILES string of the molecule is [B]C([B])(c1ccccc1)S(=O)(=O)OC1=C(N)O[C@@]([B])(c2ccccc2C(F)(F)F)C1=O. The van der Waals surface area contributed by atoms with Gasteiger partial charge in [-0.25, -0.2) is 0 Å². The first-order valence-corrected chi connectivity index (χ1v) is 9.89. The Labute approximate surface area is 179 Å². The van der Waals surface area contributed by atoms with E-state index in [9.17, 15) is 26.4 Å². The van der Waals surface area contributed by atoms with Crippen molar-refractivity contribution in [2.24, 2.45) is 5.73 Å². The van der Waals surface area contributed by atoms with Crippen LogP contribution in [0, 0.1) is 0 Å². The van der Waals surface area contributed by atoms with E-state index in [2.05, 4.69) is 0 Å². The van der Waals surface area contributed by atoms with Crippen molar-refractivity contribution < 1.29 is 35.3 Å². The molecule has 1 aliphatic heterocycles. The van der Waals surface area contributed by atoms with E-state index in [1.807, 2.05) is 0 Å². The van der Waals surface area contributed by atoms with Gasteiger partial charge in [-0.3, -0.25) is 4.79 Å². The van der Waals surface area contributed by atoms with Crippen molar-refractivity contribution in [3.05, 3.63) is 82.9 Å². The van der Waals surface area contributed by atoms with Crippen molar-refractivity contribution in [2.45, 2.75) is 16.2 Å². The van der Waals surface area contributed by atoms with Crippen molar-refractivity contribution in [3.8, 4) is 0 Å². The lowest BCUT2D eigenvalue weighted by atomic mass is 9.65. The van der Waals surface area contributed by atoms with Crippen molar-refractivity contribution in [2.75, 3.05) is 0 Å². The smallest absolute Gasteiger partial charge is 0.416 e. The van der Waals surface area contributed by atoms with Crippen molar-refractivity contribution in [3.63, 3.8) is 0 Å². The molecule has 0 aromatic heterocycles. The molecule has 0 saturated heterocycles. The summed E-state index contributed by atoms with van der Waals surface area (Å²) in [5, 5.41) is 0. The summed E-state index contributed by atoms with van der Waals surface area (Å²) in [5.41, 5.74) is 0.578. The molecule has 2 aromatic carbocycles. The summed E-state index contributed by atoms with van der Waals surface area (Å²) in [7, 11) is 12.2. The van der Waals surface area contributed by atoms with Crippen LogP contribution in [0.2, 0.25) is 0 Å². The summed E-state index contributed by atoms with van der Waals surface area (Å²) in [6, 6.07) is 10.9.